The second-order valence-electron chi connectivity index (χ2n) is 4.05. The van der Waals surface area contributed by atoms with Gasteiger partial charge in [-0.2, -0.15) is 0 Å². The van der Waals surface area contributed by atoms with Gasteiger partial charge < -0.3 is 4.74 Å². The summed E-state index contributed by atoms with van der Waals surface area (Å²) in [6.07, 6.45) is 3.62. The van der Waals surface area contributed by atoms with Crippen LogP contribution in [0.25, 0.3) is 0 Å². The van der Waals surface area contributed by atoms with Gasteiger partial charge in [-0.3, -0.25) is 4.79 Å². The van der Waals surface area contributed by atoms with E-state index < -0.39 is 0 Å². The van der Waals surface area contributed by atoms with Crippen molar-refractivity contribution in [2.24, 2.45) is 0 Å². The van der Waals surface area contributed by atoms with Crippen molar-refractivity contribution in [3.05, 3.63) is 29.3 Å². The van der Waals surface area contributed by atoms with Gasteiger partial charge in [-0.25, -0.2) is 0 Å². The van der Waals surface area contributed by atoms with Crippen LogP contribution in [0, 0.1) is 0 Å². The molecule has 0 amide bonds. The molecule has 0 N–H and O–H groups in total. The molecule has 0 spiro atoms. The van der Waals surface area contributed by atoms with Gasteiger partial charge in [0, 0.05) is 5.56 Å². The Kier molecular flexibility index (Phi) is 2.76. The molecule has 1 aliphatic carbocycles. The highest BCUT2D eigenvalue weighted by Gasteiger charge is 2.24. The predicted octanol–water partition coefficient (Wildman–Crippen LogP) is 2.99. The summed E-state index contributed by atoms with van der Waals surface area (Å²) in [4.78, 5) is 11.2. The van der Waals surface area contributed by atoms with Crippen molar-refractivity contribution >= 4 is 5.78 Å². The first kappa shape index (κ1) is 10.2. The molecular formula is C13H16O2. The molecule has 1 aliphatic rings. The molecular weight excluding hydrogens is 188 g/mol. The minimum absolute atomic E-state index is 0.0956. The zero-order valence-corrected chi connectivity index (χ0v) is 9.25. The Morgan fingerprint density at radius 3 is 2.73 bits per heavy atom. The molecule has 0 radical (unpaired) electrons. The number of Topliss-reactive ketones (excluding diaryl/α,β-unsaturated/α-hetero) is 1. The van der Waals surface area contributed by atoms with E-state index in [1.54, 1.807) is 6.92 Å². The first-order valence-corrected chi connectivity index (χ1v) is 5.51. The highest BCUT2D eigenvalue weighted by Crippen LogP contribution is 2.30. The van der Waals surface area contributed by atoms with Gasteiger partial charge in [0.1, 0.15) is 5.75 Å². The van der Waals surface area contributed by atoms with Gasteiger partial charge in [0.2, 0.25) is 0 Å². The van der Waals surface area contributed by atoms with Gasteiger partial charge >= 0.3 is 0 Å². The average molecular weight is 204 g/mol. The second kappa shape index (κ2) is 4.05. The lowest BCUT2D eigenvalue weighted by atomic mass is 10.1. The number of rotatable bonds is 4. The number of carbonyl (C=O) groups excluding carboxylic acids is 1. The minimum Gasteiger partial charge on any atom is -0.490 e. The Hall–Kier alpha value is -1.31. The van der Waals surface area contributed by atoms with E-state index in [1.807, 2.05) is 18.2 Å². The van der Waals surface area contributed by atoms with Crippen molar-refractivity contribution in [1.29, 1.82) is 0 Å². The van der Waals surface area contributed by atoms with Crippen LogP contribution in [0.15, 0.2) is 18.2 Å². The van der Waals surface area contributed by atoms with E-state index in [2.05, 4.69) is 6.92 Å². The molecule has 2 rings (SSSR count). The fourth-order valence-electron chi connectivity index (χ4n) is 1.54. The second-order valence-corrected chi connectivity index (χ2v) is 4.05. The Bertz CT molecular complexity index is 378. The van der Waals surface area contributed by atoms with Crippen LogP contribution in [0.3, 0.4) is 0 Å². The molecule has 0 aromatic heterocycles. The lowest BCUT2D eigenvalue weighted by Gasteiger charge is -2.10. The van der Waals surface area contributed by atoms with Crippen molar-refractivity contribution in [2.75, 3.05) is 0 Å². The normalized spacial score (nSPS) is 15.1. The van der Waals surface area contributed by atoms with E-state index in [-0.39, 0.29) is 5.78 Å². The fraction of sp³-hybridized carbons (Fsp3) is 0.462. The lowest BCUT2D eigenvalue weighted by molar-refractivity contribution is 0.101. The lowest BCUT2D eigenvalue weighted by Crippen LogP contribution is -2.01. The highest BCUT2D eigenvalue weighted by molar-refractivity contribution is 5.94. The molecule has 0 heterocycles. The summed E-state index contributed by atoms with van der Waals surface area (Å²) in [5.74, 6) is 0.992. The topological polar surface area (TPSA) is 26.3 Å². The Morgan fingerprint density at radius 1 is 1.47 bits per heavy atom. The minimum atomic E-state index is 0.0956. The molecule has 0 bridgehead atoms. The van der Waals surface area contributed by atoms with Crippen LogP contribution in [-0.4, -0.2) is 11.9 Å². The van der Waals surface area contributed by atoms with Gasteiger partial charge in [0.05, 0.1) is 6.10 Å². The third kappa shape index (κ3) is 2.38. The molecule has 1 aromatic rings. The van der Waals surface area contributed by atoms with Crippen LogP contribution >= 0.6 is 0 Å². The van der Waals surface area contributed by atoms with Gasteiger partial charge in [-0.15, -0.1) is 0 Å². The third-order valence-electron chi connectivity index (χ3n) is 2.67. The SMILES string of the molecule is CCc1ccc(C(C)=O)cc1OC1CC1. The number of ketones is 1. The summed E-state index contributed by atoms with van der Waals surface area (Å²) >= 11 is 0. The Labute approximate surface area is 90.3 Å². The van der Waals surface area contributed by atoms with Gasteiger partial charge in [0.15, 0.2) is 5.78 Å². The van der Waals surface area contributed by atoms with E-state index in [0.29, 0.717) is 6.10 Å². The number of hydrogen-bond donors (Lipinski definition) is 0. The quantitative estimate of drug-likeness (QED) is 0.705. The average Bonchev–Trinajstić information content (AvgIpc) is 3.01. The molecule has 0 atom stereocenters. The summed E-state index contributed by atoms with van der Waals surface area (Å²) in [6, 6.07) is 5.74. The van der Waals surface area contributed by atoms with Crippen LogP contribution in [-0.2, 0) is 6.42 Å². The smallest absolute Gasteiger partial charge is 0.159 e. The third-order valence-corrected chi connectivity index (χ3v) is 2.67. The molecule has 80 valence electrons. The number of ether oxygens (including phenoxy) is 1. The van der Waals surface area contributed by atoms with E-state index in [4.69, 9.17) is 4.74 Å². The molecule has 0 saturated heterocycles. The van der Waals surface area contributed by atoms with Crippen molar-refractivity contribution < 1.29 is 9.53 Å². The summed E-state index contributed by atoms with van der Waals surface area (Å²) in [7, 11) is 0. The molecule has 1 saturated carbocycles. The zero-order valence-electron chi connectivity index (χ0n) is 9.25. The predicted molar refractivity (Wildman–Crippen MR) is 59.5 cm³/mol. The molecule has 0 aliphatic heterocycles. The summed E-state index contributed by atoms with van der Waals surface area (Å²) < 4.78 is 5.79. The maximum atomic E-state index is 11.2. The molecule has 2 nitrogen and oxygen atoms in total. The zero-order chi connectivity index (χ0) is 10.8. The Balaban J connectivity index is 2.28. The van der Waals surface area contributed by atoms with Crippen molar-refractivity contribution in [3.8, 4) is 5.75 Å². The van der Waals surface area contributed by atoms with Crippen molar-refractivity contribution in [2.45, 2.75) is 39.2 Å². The number of carbonyl (C=O) groups is 1. The van der Waals surface area contributed by atoms with Crippen molar-refractivity contribution in [1.82, 2.24) is 0 Å². The van der Waals surface area contributed by atoms with Crippen LogP contribution in [0.2, 0.25) is 0 Å². The highest BCUT2D eigenvalue weighted by atomic mass is 16.5. The van der Waals surface area contributed by atoms with E-state index >= 15 is 0 Å². The first-order valence-electron chi connectivity index (χ1n) is 5.51. The molecule has 1 fully saturated rings. The van der Waals surface area contributed by atoms with Crippen LogP contribution < -0.4 is 4.74 Å². The summed E-state index contributed by atoms with van der Waals surface area (Å²) in [6.45, 7) is 3.68. The Morgan fingerprint density at radius 2 is 2.20 bits per heavy atom. The van der Waals surface area contributed by atoms with Crippen molar-refractivity contribution in [3.63, 3.8) is 0 Å². The number of hydrogen-bond acceptors (Lipinski definition) is 2. The molecule has 2 heteroatoms. The maximum Gasteiger partial charge on any atom is 0.159 e. The van der Waals surface area contributed by atoms with Crippen LogP contribution in [0.5, 0.6) is 5.75 Å². The fourth-order valence-corrected chi connectivity index (χ4v) is 1.54. The standard InChI is InChI=1S/C13H16O2/c1-3-10-4-5-11(9(2)14)8-13(10)15-12-6-7-12/h4-5,8,12H,3,6-7H2,1-2H3. The summed E-state index contributed by atoms with van der Waals surface area (Å²) in [5, 5.41) is 0. The van der Waals surface area contributed by atoms with Gasteiger partial charge in [-0.1, -0.05) is 19.1 Å². The van der Waals surface area contributed by atoms with Gasteiger partial charge in [-0.05, 0) is 37.8 Å². The number of aryl methyl sites for hydroxylation is 1. The maximum absolute atomic E-state index is 11.2. The van der Waals surface area contributed by atoms with E-state index in [9.17, 15) is 4.79 Å². The summed E-state index contributed by atoms with van der Waals surface area (Å²) in [5.41, 5.74) is 1.93. The van der Waals surface area contributed by atoms with E-state index in [0.717, 1.165) is 30.6 Å². The van der Waals surface area contributed by atoms with Crippen LogP contribution in [0.1, 0.15) is 42.6 Å². The largest absolute Gasteiger partial charge is 0.490 e. The monoisotopic (exact) mass is 204 g/mol. The van der Waals surface area contributed by atoms with Crippen LogP contribution in [0.4, 0.5) is 0 Å². The van der Waals surface area contributed by atoms with Gasteiger partial charge in [0.25, 0.3) is 0 Å². The van der Waals surface area contributed by atoms with E-state index in [1.165, 1.54) is 5.56 Å². The first-order chi connectivity index (χ1) is 7.20. The molecule has 0 unspecified atom stereocenters. The number of benzene rings is 1. The molecule has 15 heavy (non-hydrogen) atoms. The molecule has 1 aromatic carbocycles.